The summed E-state index contributed by atoms with van der Waals surface area (Å²) < 4.78 is 7.18. The van der Waals surface area contributed by atoms with Crippen LogP contribution in [0.4, 0.5) is 5.82 Å². The molecule has 2 aromatic carbocycles. The molecule has 0 unspecified atom stereocenters. The van der Waals surface area contributed by atoms with E-state index in [4.69, 9.17) is 21.1 Å². The zero-order valence-corrected chi connectivity index (χ0v) is 24.0. The van der Waals surface area contributed by atoms with E-state index in [0.717, 1.165) is 28.1 Å². The number of nitrogens with one attached hydrogen (secondary N) is 1. The van der Waals surface area contributed by atoms with Crippen molar-refractivity contribution in [2.45, 2.75) is 44.9 Å². The van der Waals surface area contributed by atoms with Crippen LogP contribution in [-0.2, 0) is 21.5 Å². The number of aromatic nitrogens is 2. The summed E-state index contributed by atoms with van der Waals surface area (Å²) in [7, 11) is 0. The van der Waals surface area contributed by atoms with Crippen molar-refractivity contribution in [3.05, 3.63) is 100 Å². The zero-order valence-electron chi connectivity index (χ0n) is 22.4. The van der Waals surface area contributed by atoms with E-state index in [-0.39, 0.29) is 41.3 Å². The van der Waals surface area contributed by atoms with Gasteiger partial charge in [0.2, 0.25) is 11.8 Å². The maximum absolute atomic E-state index is 13.8. The van der Waals surface area contributed by atoms with Crippen LogP contribution in [0.1, 0.15) is 54.2 Å². The third-order valence-electron chi connectivity index (χ3n) is 6.67. The SMILES string of the molecule is Cc1ccccc1-n1nc(C(C)(C)C)c2c1N(CC(=O)NCc1ccco1)C(=O)CS[C@@H]2c1ccccc1Cl. The highest BCUT2D eigenvalue weighted by atomic mass is 35.5. The molecule has 1 atom stereocenters. The molecule has 202 valence electrons. The first-order valence-corrected chi connectivity index (χ1v) is 14.2. The minimum atomic E-state index is -0.349. The zero-order chi connectivity index (χ0) is 27.7. The summed E-state index contributed by atoms with van der Waals surface area (Å²) in [5.41, 5.74) is 4.17. The Morgan fingerprint density at radius 3 is 2.56 bits per heavy atom. The number of halogens is 1. The van der Waals surface area contributed by atoms with Gasteiger partial charge in [0.25, 0.3) is 0 Å². The van der Waals surface area contributed by atoms with E-state index in [1.165, 1.54) is 11.8 Å². The topological polar surface area (TPSA) is 80.4 Å². The average Bonchev–Trinajstić information content (AvgIpc) is 3.53. The minimum absolute atomic E-state index is 0.149. The maximum Gasteiger partial charge on any atom is 0.240 e. The van der Waals surface area contributed by atoms with Crippen LogP contribution in [-0.4, -0.2) is 33.9 Å². The Kier molecular flexibility index (Phi) is 7.60. The molecule has 0 saturated heterocycles. The third kappa shape index (κ3) is 5.49. The van der Waals surface area contributed by atoms with Gasteiger partial charge in [0.15, 0.2) is 0 Å². The minimum Gasteiger partial charge on any atom is -0.467 e. The van der Waals surface area contributed by atoms with E-state index < -0.39 is 0 Å². The Bertz CT molecular complexity index is 1510. The molecular formula is C30H31ClN4O3S. The van der Waals surface area contributed by atoms with Crippen molar-refractivity contribution in [3.8, 4) is 5.69 Å². The van der Waals surface area contributed by atoms with Crippen molar-refractivity contribution in [2.24, 2.45) is 0 Å². The normalized spacial score (nSPS) is 15.7. The van der Waals surface area contributed by atoms with Crippen molar-refractivity contribution in [2.75, 3.05) is 17.2 Å². The number of furan rings is 1. The smallest absolute Gasteiger partial charge is 0.240 e. The average molecular weight is 563 g/mol. The number of anilines is 1. The van der Waals surface area contributed by atoms with E-state index in [1.54, 1.807) is 23.3 Å². The molecule has 1 aliphatic rings. The van der Waals surface area contributed by atoms with Crippen LogP contribution in [0.25, 0.3) is 5.69 Å². The Labute approximate surface area is 237 Å². The molecule has 5 rings (SSSR count). The van der Waals surface area contributed by atoms with Crippen molar-refractivity contribution >= 4 is 41.0 Å². The molecule has 0 spiro atoms. The van der Waals surface area contributed by atoms with E-state index in [9.17, 15) is 9.59 Å². The Balaban J connectivity index is 1.70. The number of carbonyl (C=O) groups excluding carboxylic acids is 2. The van der Waals surface area contributed by atoms with E-state index >= 15 is 0 Å². The predicted octanol–water partition coefficient (Wildman–Crippen LogP) is 6.21. The Morgan fingerprint density at radius 1 is 1.13 bits per heavy atom. The van der Waals surface area contributed by atoms with Crippen LogP contribution < -0.4 is 10.2 Å². The van der Waals surface area contributed by atoms with Gasteiger partial charge in [-0.3, -0.25) is 14.5 Å². The molecule has 0 bridgehead atoms. The fourth-order valence-corrected chi connectivity index (χ4v) is 6.32. The fourth-order valence-electron chi connectivity index (χ4n) is 4.77. The van der Waals surface area contributed by atoms with Crippen molar-refractivity contribution in [1.29, 1.82) is 0 Å². The first kappa shape index (κ1) is 27.1. The van der Waals surface area contributed by atoms with Gasteiger partial charge in [-0.1, -0.05) is 68.8 Å². The highest BCUT2D eigenvalue weighted by molar-refractivity contribution is 8.00. The number of thioether (sulfide) groups is 1. The predicted molar refractivity (Wildman–Crippen MR) is 156 cm³/mol. The monoisotopic (exact) mass is 562 g/mol. The summed E-state index contributed by atoms with van der Waals surface area (Å²) >= 11 is 8.24. The van der Waals surface area contributed by atoms with Gasteiger partial charge in [0, 0.05) is 16.0 Å². The summed E-state index contributed by atoms with van der Waals surface area (Å²) in [6.07, 6.45) is 1.56. The first-order valence-electron chi connectivity index (χ1n) is 12.8. The number of para-hydroxylation sites is 1. The van der Waals surface area contributed by atoms with Crippen LogP contribution in [0.5, 0.6) is 0 Å². The molecule has 39 heavy (non-hydrogen) atoms. The Hall–Kier alpha value is -3.49. The number of fused-ring (bicyclic) bond motifs is 1. The maximum atomic E-state index is 13.8. The number of benzene rings is 2. The number of nitrogens with zero attached hydrogens (tertiary/aromatic N) is 3. The number of aryl methyl sites for hydroxylation is 1. The molecule has 2 amide bonds. The van der Waals surface area contributed by atoms with Crippen molar-refractivity contribution in [1.82, 2.24) is 15.1 Å². The first-order chi connectivity index (χ1) is 18.6. The lowest BCUT2D eigenvalue weighted by molar-refractivity contribution is -0.123. The third-order valence-corrected chi connectivity index (χ3v) is 8.25. The fraction of sp³-hybridized carbons (Fsp3) is 0.300. The van der Waals surface area contributed by atoms with Gasteiger partial charge >= 0.3 is 0 Å². The van der Waals surface area contributed by atoms with Gasteiger partial charge in [-0.25, -0.2) is 4.68 Å². The Morgan fingerprint density at radius 2 is 1.87 bits per heavy atom. The molecule has 1 N–H and O–H groups in total. The molecule has 4 aromatic rings. The summed E-state index contributed by atoms with van der Waals surface area (Å²) in [5, 5.41) is 8.40. The lowest BCUT2D eigenvalue weighted by atomic mass is 9.87. The molecule has 1 aliphatic heterocycles. The molecule has 3 heterocycles. The summed E-state index contributed by atoms with van der Waals surface area (Å²) in [5.74, 6) is 0.969. The van der Waals surface area contributed by atoms with Gasteiger partial charge in [0.05, 0.1) is 35.2 Å². The van der Waals surface area contributed by atoms with Crippen molar-refractivity contribution in [3.63, 3.8) is 0 Å². The van der Waals surface area contributed by atoms with Gasteiger partial charge < -0.3 is 9.73 Å². The number of carbonyl (C=O) groups is 2. The molecule has 2 aromatic heterocycles. The lowest BCUT2D eigenvalue weighted by Gasteiger charge is -2.25. The molecule has 7 nitrogen and oxygen atoms in total. The standard InChI is InChI=1S/C30H31ClN4O3S/c1-19-10-5-8-14-23(19)35-29-26(28(33-35)30(2,3)4)27(21-12-6-7-13-22(21)31)39-18-25(37)34(29)17-24(36)32-16-20-11-9-15-38-20/h5-15,27H,16-18H2,1-4H3,(H,32,36)/t27-/m1/s1. The van der Waals surface area contributed by atoms with Gasteiger partial charge in [0.1, 0.15) is 18.1 Å². The van der Waals surface area contributed by atoms with Crippen LogP contribution in [0, 0.1) is 6.92 Å². The quantitative estimate of drug-likeness (QED) is 0.302. The van der Waals surface area contributed by atoms with Crippen LogP contribution in [0.15, 0.2) is 71.3 Å². The number of amides is 2. The summed E-state index contributed by atoms with van der Waals surface area (Å²) in [6.45, 7) is 8.43. The van der Waals surface area contributed by atoms with E-state index in [2.05, 4.69) is 26.1 Å². The number of hydrogen-bond donors (Lipinski definition) is 1. The van der Waals surface area contributed by atoms with E-state index in [1.807, 2.05) is 60.1 Å². The van der Waals surface area contributed by atoms with Gasteiger partial charge in [-0.05, 0) is 42.3 Å². The molecule has 0 aliphatic carbocycles. The second-order valence-electron chi connectivity index (χ2n) is 10.6. The highest BCUT2D eigenvalue weighted by Gasteiger charge is 2.40. The van der Waals surface area contributed by atoms with Crippen LogP contribution >= 0.6 is 23.4 Å². The van der Waals surface area contributed by atoms with E-state index in [0.29, 0.717) is 16.6 Å². The summed E-state index contributed by atoms with van der Waals surface area (Å²) in [4.78, 5) is 28.5. The second kappa shape index (κ2) is 10.9. The highest BCUT2D eigenvalue weighted by Crippen LogP contribution is 2.49. The number of rotatable bonds is 6. The molecule has 9 heteroatoms. The van der Waals surface area contributed by atoms with Gasteiger partial charge in [-0.2, -0.15) is 5.10 Å². The summed E-state index contributed by atoms with van der Waals surface area (Å²) in [6, 6.07) is 19.2. The molecule has 0 radical (unpaired) electrons. The molecule has 0 saturated carbocycles. The second-order valence-corrected chi connectivity index (χ2v) is 12.1. The van der Waals surface area contributed by atoms with Crippen LogP contribution in [0.2, 0.25) is 5.02 Å². The van der Waals surface area contributed by atoms with Crippen molar-refractivity contribution < 1.29 is 14.0 Å². The number of hydrogen-bond acceptors (Lipinski definition) is 5. The van der Waals surface area contributed by atoms with Gasteiger partial charge in [-0.15, -0.1) is 11.8 Å². The van der Waals surface area contributed by atoms with Crippen LogP contribution in [0.3, 0.4) is 0 Å². The molecular weight excluding hydrogens is 532 g/mol. The largest absolute Gasteiger partial charge is 0.467 e. The molecule has 0 fully saturated rings. The lowest BCUT2D eigenvalue weighted by Crippen LogP contribution is -2.42.